The number of aromatic nitrogens is 1. The van der Waals surface area contributed by atoms with E-state index in [1.54, 1.807) is 13.1 Å². The van der Waals surface area contributed by atoms with Gasteiger partial charge in [0.25, 0.3) is 0 Å². The van der Waals surface area contributed by atoms with Crippen LogP contribution in [0.3, 0.4) is 0 Å². The molecule has 18 heavy (non-hydrogen) atoms. The van der Waals surface area contributed by atoms with Crippen molar-refractivity contribution in [3.63, 3.8) is 0 Å². The average Bonchev–Trinajstić information content (AvgIpc) is 2.43. The van der Waals surface area contributed by atoms with Gasteiger partial charge >= 0.3 is 11.9 Å². The standard InChI is InChI=1S/C12H16N2O4/c1-8(13-2)7-18-12(16)10-6-4-5-9(14-10)11(15)17-3/h4-6,8,13H,7H2,1-3H3. The highest BCUT2D eigenvalue weighted by Crippen LogP contribution is 2.03. The Morgan fingerprint density at radius 2 is 1.94 bits per heavy atom. The smallest absolute Gasteiger partial charge is 0.357 e. The lowest BCUT2D eigenvalue weighted by molar-refractivity contribution is 0.0468. The third-order valence-electron chi connectivity index (χ3n) is 2.31. The Bertz CT molecular complexity index is 434. The number of likely N-dealkylation sites (N-methyl/N-ethyl adjacent to an activating group) is 1. The SMILES string of the molecule is CNC(C)COC(=O)c1cccc(C(=O)OC)n1. The Hall–Kier alpha value is -1.95. The fourth-order valence-electron chi connectivity index (χ4n) is 1.12. The maximum absolute atomic E-state index is 11.7. The van der Waals surface area contributed by atoms with Gasteiger partial charge in [0.2, 0.25) is 0 Å². The van der Waals surface area contributed by atoms with Crippen LogP contribution < -0.4 is 5.32 Å². The molecule has 1 unspecified atom stereocenters. The molecular formula is C12H16N2O4. The van der Waals surface area contributed by atoms with Crippen LogP contribution in [0.5, 0.6) is 0 Å². The van der Waals surface area contributed by atoms with Gasteiger partial charge in [-0.3, -0.25) is 0 Å². The summed E-state index contributed by atoms with van der Waals surface area (Å²) in [5.74, 6) is -1.16. The van der Waals surface area contributed by atoms with E-state index in [1.807, 2.05) is 6.92 Å². The zero-order valence-electron chi connectivity index (χ0n) is 10.6. The van der Waals surface area contributed by atoms with Gasteiger partial charge in [-0.2, -0.15) is 0 Å². The zero-order chi connectivity index (χ0) is 13.5. The number of pyridine rings is 1. The molecule has 6 nitrogen and oxygen atoms in total. The van der Waals surface area contributed by atoms with Crippen LogP contribution in [-0.4, -0.2) is 43.7 Å². The predicted molar refractivity (Wildman–Crippen MR) is 64.4 cm³/mol. The van der Waals surface area contributed by atoms with E-state index in [2.05, 4.69) is 15.0 Å². The molecule has 0 spiro atoms. The molecule has 0 radical (unpaired) electrons. The normalized spacial score (nSPS) is 11.7. The lowest BCUT2D eigenvalue weighted by Gasteiger charge is -2.10. The summed E-state index contributed by atoms with van der Waals surface area (Å²) in [6.07, 6.45) is 0. The molecule has 0 saturated heterocycles. The minimum absolute atomic E-state index is 0.0535. The predicted octanol–water partition coefficient (Wildman–Crippen LogP) is 0.633. The number of carbonyl (C=O) groups is 2. The topological polar surface area (TPSA) is 77.5 Å². The van der Waals surface area contributed by atoms with Gasteiger partial charge in [-0.1, -0.05) is 6.07 Å². The zero-order valence-corrected chi connectivity index (χ0v) is 10.6. The third-order valence-corrected chi connectivity index (χ3v) is 2.31. The van der Waals surface area contributed by atoms with Crippen LogP contribution in [-0.2, 0) is 9.47 Å². The molecule has 0 aromatic carbocycles. The van der Waals surface area contributed by atoms with Crippen LogP contribution in [0.25, 0.3) is 0 Å². The van der Waals surface area contributed by atoms with Gasteiger partial charge < -0.3 is 14.8 Å². The van der Waals surface area contributed by atoms with Crippen molar-refractivity contribution >= 4 is 11.9 Å². The quantitative estimate of drug-likeness (QED) is 0.775. The molecule has 1 rings (SSSR count). The highest BCUT2D eigenvalue weighted by molar-refractivity contribution is 5.91. The molecule has 0 bridgehead atoms. The van der Waals surface area contributed by atoms with Crippen LogP contribution in [0.4, 0.5) is 0 Å². The largest absolute Gasteiger partial charge is 0.464 e. The summed E-state index contributed by atoms with van der Waals surface area (Å²) in [5.41, 5.74) is 0.162. The van der Waals surface area contributed by atoms with Crippen LogP contribution in [0.1, 0.15) is 27.9 Å². The van der Waals surface area contributed by atoms with Crippen molar-refractivity contribution in [3.8, 4) is 0 Å². The Labute approximate surface area is 105 Å². The number of hydrogen-bond acceptors (Lipinski definition) is 6. The third kappa shape index (κ3) is 3.81. The van der Waals surface area contributed by atoms with Crippen molar-refractivity contribution in [2.75, 3.05) is 20.8 Å². The number of nitrogens with zero attached hydrogens (tertiary/aromatic N) is 1. The summed E-state index contributed by atoms with van der Waals surface area (Å²) in [4.78, 5) is 26.8. The van der Waals surface area contributed by atoms with Crippen LogP contribution in [0.15, 0.2) is 18.2 Å². The van der Waals surface area contributed by atoms with Gasteiger partial charge in [-0.05, 0) is 26.1 Å². The Balaban J connectivity index is 2.71. The maximum Gasteiger partial charge on any atom is 0.357 e. The molecule has 0 aliphatic carbocycles. The van der Waals surface area contributed by atoms with E-state index in [0.29, 0.717) is 0 Å². The number of carbonyl (C=O) groups excluding carboxylic acids is 2. The van der Waals surface area contributed by atoms with E-state index in [4.69, 9.17) is 4.74 Å². The molecule has 1 aromatic rings. The van der Waals surface area contributed by atoms with Crippen molar-refractivity contribution in [1.82, 2.24) is 10.3 Å². The summed E-state index contributed by atoms with van der Waals surface area (Å²) in [7, 11) is 3.03. The molecule has 0 fully saturated rings. The second-order valence-corrected chi connectivity index (χ2v) is 3.69. The summed E-state index contributed by atoms with van der Waals surface area (Å²) >= 11 is 0. The summed E-state index contributed by atoms with van der Waals surface area (Å²) in [6, 6.07) is 4.56. The van der Waals surface area contributed by atoms with E-state index in [1.165, 1.54) is 19.2 Å². The Morgan fingerprint density at radius 1 is 1.33 bits per heavy atom. The van der Waals surface area contributed by atoms with Crippen LogP contribution >= 0.6 is 0 Å². The molecule has 0 aliphatic rings. The van der Waals surface area contributed by atoms with E-state index < -0.39 is 11.9 Å². The van der Waals surface area contributed by atoms with Gasteiger partial charge in [-0.25, -0.2) is 14.6 Å². The van der Waals surface area contributed by atoms with Gasteiger partial charge in [0.05, 0.1) is 7.11 Å². The van der Waals surface area contributed by atoms with Crippen LogP contribution in [0, 0.1) is 0 Å². The Kier molecular flexibility index (Phi) is 5.26. The number of hydrogen-bond donors (Lipinski definition) is 1. The summed E-state index contributed by atoms with van der Waals surface area (Å²) in [6.45, 7) is 2.12. The molecule has 1 aromatic heterocycles. The Morgan fingerprint density at radius 3 is 2.50 bits per heavy atom. The first-order valence-electron chi connectivity index (χ1n) is 5.48. The number of methoxy groups -OCH3 is 1. The van der Waals surface area contributed by atoms with E-state index in [9.17, 15) is 9.59 Å². The van der Waals surface area contributed by atoms with Gasteiger partial charge in [-0.15, -0.1) is 0 Å². The van der Waals surface area contributed by atoms with Crippen molar-refractivity contribution in [1.29, 1.82) is 0 Å². The highest BCUT2D eigenvalue weighted by atomic mass is 16.5. The number of nitrogens with one attached hydrogen (secondary N) is 1. The van der Waals surface area contributed by atoms with Crippen molar-refractivity contribution in [2.45, 2.75) is 13.0 Å². The highest BCUT2D eigenvalue weighted by Gasteiger charge is 2.14. The summed E-state index contributed by atoms with van der Waals surface area (Å²) in [5, 5.41) is 2.94. The van der Waals surface area contributed by atoms with Crippen LogP contribution in [0.2, 0.25) is 0 Å². The molecule has 1 heterocycles. The number of esters is 2. The second-order valence-electron chi connectivity index (χ2n) is 3.69. The first-order valence-corrected chi connectivity index (χ1v) is 5.48. The van der Waals surface area contributed by atoms with E-state index in [0.717, 1.165) is 0 Å². The van der Waals surface area contributed by atoms with Crippen molar-refractivity contribution in [2.24, 2.45) is 0 Å². The first kappa shape index (κ1) is 14.1. The lowest BCUT2D eigenvalue weighted by atomic mass is 10.3. The maximum atomic E-state index is 11.7. The molecule has 1 atom stereocenters. The molecule has 98 valence electrons. The monoisotopic (exact) mass is 252 g/mol. The average molecular weight is 252 g/mol. The fraction of sp³-hybridized carbons (Fsp3) is 0.417. The molecule has 0 amide bonds. The minimum Gasteiger partial charge on any atom is -0.464 e. The van der Waals surface area contributed by atoms with E-state index >= 15 is 0 Å². The van der Waals surface area contributed by atoms with Gasteiger partial charge in [0.1, 0.15) is 18.0 Å². The lowest BCUT2D eigenvalue weighted by Crippen LogP contribution is -2.28. The van der Waals surface area contributed by atoms with Crippen molar-refractivity contribution in [3.05, 3.63) is 29.6 Å². The fourth-order valence-corrected chi connectivity index (χ4v) is 1.12. The van der Waals surface area contributed by atoms with Gasteiger partial charge in [0.15, 0.2) is 0 Å². The molecular weight excluding hydrogens is 236 g/mol. The molecule has 0 aliphatic heterocycles. The number of ether oxygens (including phenoxy) is 2. The molecule has 6 heteroatoms. The molecule has 1 N–H and O–H groups in total. The first-order chi connectivity index (χ1) is 8.58. The molecule has 0 saturated carbocycles. The van der Waals surface area contributed by atoms with Crippen molar-refractivity contribution < 1.29 is 19.1 Å². The minimum atomic E-state index is -0.590. The summed E-state index contributed by atoms with van der Waals surface area (Å²) < 4.78 is 9.56. The second kappa shape index (κ2) is 6.70. The van der Waals surface area contributed by atoms with E-state index in [-0.39, 0.29) is 24.0 Å². The van der Waals surface area contributed by atoms with Gasteiger partial charge in [0, 0.05) is 6.04 Å². The number of rotatable bonds is 5.